The van der Waals surface area contributed by atoms with Gasteiger partial charge in [0, 0.05) is 12.8 Å². The van der Waals surface area contributed by atoms with Crippen molar-refractivity contribution in [3.8, 4) is 0 Å². The zero-order valence-electron chi connectivity index (χ0n) is 20.4. The van der Waals surface area contributed by atoms with Gasteiger partial charge in [0.25, 0.3) is 0 Å². The summed E-state index contributed by atoms with van der Waals surface area (Å²) < 4.78 is 41.0. The fourth-order valence-electron chi connectivity index (χ4n) is 3.23. The average molecular weight is 467 g/mol. The van der Waals surface area contributed by atoms with Crippen LogP contribution in [0.1, 0.15) is 96.8 Å². The highest BCUT2D eigenvalue weighted by Gasteiger charge is 2.30. The number of ether oxygens (including phenoxy) is 1. The van der Waals surface area contributed by atoms with Crippen LogP contribution in [-0.2, 0) is 21.6 Å². The van der Waals surface area contributed by atoms with E-state index in [1.165, 1.54) is 51.5 Å². The fraction of sp³-hybridized carbons (Fsp3) is 0.720. The standard InChI is InChI=1S/C10H20.C9H8ClF3.C4H8O2.C2H6/c1-3-9(2)10-7-5-4-6-8-10;1-6-2-3-8(9(11,12)13)4-7(6)5-10;1-3-6-4(2)5;1-2/h9-10H,3-8H2,1-2H3;2-4H,5H2,1H3;3H2,1-2H3;1-2H3. The number of aryl methyl sites for hydroxylation is 1. The minimum absolute atomic E-state index is 0.107. The Morgan fingerprint density at radius 1 is 1.16 bits per heavy atom. The van der Waals surface area contributed by atoms with Gasteiger partial charge in [0.05, 0.1) is 12.2 Å². The summed E-state index contributed by atoms with van der Waals surface area (Å²) in [6.45, 7) is 14.1. The molecule has 182 valence electrons. The zero-order chi connectivity index (χ0) is 24.4. The molecule has 0 radical (unpaired) electrons. The van der Waals surface area contributed by atoms with Crippen LogP contribution in [0.3, 0.4) is 0 Å². The molecule has 2 nitrogen and oxygen atoms in total. The topological polar surface area (TPSA) is 26.3 Å². The van der Waals surface area contributed by atoms with Gasteiger partial charge in [0.15, 0.2) is 0 Å². The largest absolute Gasteiger partial charge is 0.466 e. The number of hydrogen-bond acceptors (Lipinski definition) is 2. The number of benzene rings is 1. The van der Waals surface area contributed by atoms with Gasteiger partial charge in [0.1, 0.15) is 0 Å². The van der Waals surface area contributed by atoms with Gasteiger partial charge in [-0.2, -0.15) is 13.2 Å². The SMILES string of the molecule is CC.CCC(C)C1CCCCC1.CCOC(C)=O.Cc1ccc(C(F)(F)F)cc1CCl. The van der Waals surface area contributed by atoms with Crippen LogP contribution in [0.25, 0.3) is 0 Å². The van der Waals surface area contributed by atoms with E-state index >= 15 is 0 Å². The maximum absolute atomic E-state index is 12.2. The van der Waals surface area contributed by atoms with Gasteiger partial charge in [-0.15, -0.1) is 11.6 Å². The Labute approximate surface area is 192 Å². The van der Waals surface area contributed by atoms with E-state index in [0.717, 1.165) is 29.5 Å². The Morgan fingerprint density at radius 3 is 2.06 bits per heavy atom. The molecule has 0 amide bonds. The van der Waals surface area contributed by atoms with Crippen LogP contribution in [0, 0.1) is 18.8 Å². The van der Waals surface area contributed by atoms with Crippen molar-refractivity contribution in [3.05, 3.63) is 34.9 Å². The molecule has 0 aliphatic heterocycles. The lowest BCUT2D eigenvalue weighted by atomic mass is 9.80. The second-order valence-electron chi connectivity index (χ2n) is 7.48. The number of esters is 1. The van der Waals surface area contributed by atoms with Gasteiger partial charge in [-0.1, -0.05) is 72.3 Å². The van der Waals surface area contributed by atoms with Gasteiger partial charge >= 0.3 is 12.1 Å². The summed E-state index contributed by atoms with van der Waals surface area (Å²) in [6, 6.07) is 3.58. The quantitative estimate of drug-likeness (QED) is 0.327. The third-order valence-electron chi connectivity index (χ3n) is 5.27. The molecule has 0 bridgehead atoms. The first-order valence-electron chi connectivity index (χ1n) is 11.4. The molecule has 1 atom stereocenters. The molecule has 1 aliphatic carbocycles. The predicted octanol–water partition coefficient (Wildman–Crippen LogP) is 8.96. The monoisotopic (exact) mass is 466 g/mol. The molecule has 0 aromatic heterocycles. The molecule has 0 spiro atoms. The fourth-order valence-corrected chi connectivity index (χ4v) is 3.52. The van der Waals surface area contributed by atoms with E-state index in [1.54, 1.807) is 13.8 Å². The van der Waals surface area contributed by atoms with Crippen LogP contribution in [0.4, 0.5) is 13.2 Å². The molecule has 1 aromatic carbocycles. The van der Waals surface area contributed by atoms with E-state index in [4.69, 9.17) is 11.6 Å². The molecule has 0 saturated heterocycles. The summed E-state index contributed by atoms with van der Waals surface area (Å²) in [4.78, 5) is 9.82. The molecular weight excluding hydrogens is 425 g/mol. The van der Waals surface area contributed by atoms with Gasteiger partial charge in [-0.05, 0) is 48.9 Å². The highest BCUT2D eigenvalue weighted by molar-refractivity contribution is 6.17. The third kappa shape index (κ3) is 15.2. The van der Waals surface area contributed by atoms with Crippen molar-refractivity contribution >= 4 is 17.6 Å². The van der Waals surface area contributed by atoms with Crippen molar-refractivity contribution in [2.45, 2.75) is 99.0 Å². The van der Waals surface area contributed by atoms with Gasteiger partial charge in [-0.25, -0.2) is 0 Å². The van der Waals surface area contributed by atoms with Crippen LogP contribution in [-0.4, -0.2) is 12.6 Å². The smallest absolute Gasteiger partial charge is 0.416 e. The number of carbonyl (C=O) groups is 1. The molecule has 6 heteroatoms. The zero-order valence-corrected chi connectivity index (χ0v) is 21.1. The number of halogens is 4. The van der Waals surface area contributed by atoms with E-state index in [0.29, 0.717) is 12.2 Å². The average Bonchev–Trinajstić information content (AvgIpc) is 2.75. The summed E-state index contributed by atoms with van der Waals surface area (Å²) >= 11 is 5.49. The maximum atomic E-state index is 12.2. The Kier molecular flexibility index (Phi) is 18.9. The summed E-state index contributed by atoms with van der Waals surface area (Å²) in [7, 11) is 0. The molecule has 1 aliphatic rings. The van der Waals surface area contributed by atoms with E-state index in [-0.39, 0.29) is 11.8 Å². The minimum Gasteiger partial charge on any atom is -0.466 e. The highest BCUT2D eigenvalue weighted by atomic mass is 35.5. The van der Waals surface area contributed by atoms with Crippen LogP contribution in [0.15, 0.2) is 18.2 Å². The van der Waals surface area contributed by atoms with Crippen LogP contribution >= 0.6 is 11.6 Å². The van der Waals surface area contributed by atoms with Crippen molar-refractivity contribution in [1.82, 2.24) is 0 Å². The van der Waals surface area contributed by atoms with Crippen molar-refractivity contribution in [2.75, 3.05) is 6.61 Å². The molecule has 0 heterocycles. The molecular formula is C25H42ClF3O2. The lowest BCUT2D eigenvalue weighted by Gasteiger charge is -2.26. The van der Waals surface area contributed by atoms with Gasteiger partial charge in [-0.3, -0.25) is 4.79 Å². The van der Waals surface area contributed by atoms with Gasteiger partial charge in [0.2, 0.25) is 0 Å². The third-order valence-corrected chi connectivity index (χ3v) is 5.55. The minimum atomic E-state index is -4.28. The second-order valence-corrected chi connectivity index (χ2v) is 7.75. The number of alkyl halides is 4. The number of carbonyl (C=O) groups excluding carboxylic acids is 1. The first kappa shape index (κ1) is 32.0. The lowest BCUT2D eigenvalue weighted by Crippen LogP contribution is -2.14. The van der Waals surface area contributed by atoms with E-state index < -0.39 is 11.7 Å². The second kappa shape index (κ2) is 18.4. The van der Waals surface area contributed by atoms with E-state index in [1.807, 2.05) is 13.8 Å². The Morgan fingerprint density at radius 2 is 1.71 bits per heavy atom. The first-order valence-corrected chi connectivity index (χ1v) is 12.0. The molecule has 1 fully saturated rings. The van der Waals surface area contributed by atoms with E-state index in [9.17, 15) is 18.0 Å². The summed E-state index contributed by atoms with van der Waals surface area (Å²) in [5, 5.41) is 0. The van der Waals surface area contributed by atoms with Crippen molar-refractivity contribution in [1.29, 1.82) is 0 Å². The molecule has 1 saturated carbocycles. The molecule has 1 aromatic rings. The Balaban J connectivity index is 0. The van der Waals surface area contributed by atoms with Crippen LogP contribution < -0.4 is 0 Å². The van der Waals surface area contributed by atoms with Crippen LogP contribution in [0.2, 0.25) is 0 Å². The van der Waals surface area contributed by atoms with Crippen LogP contribution in [0.5, 0.6) is 0 Å². The van der Waals surface area contributed by atoms with Crippen molar-refractivity contribution in [3.63, 3.8) is 0 Å². The maximum Gasteiger partial charge on any atom is 0.416 e. The summed E-state index contributed by atoms with van der Waals surface area (Å²) in [5.41, 5.74) is 0.660. The van der Waals surface area contributed by atoms with Crippen molar-refractivity contribution in [2.24, 2.45) is 11.8 Å². The number of hydrogen-bond donors (Lipinski definition) is 0. The first-order chi connectivity index (χ1) is 14.6. The van der Waals surface area contributed by atoms with Crippen molar-refractivity contribution < 1.29 is 22.7 Å². The molecule has 2 rings (SSSR count). The number of rotatable bonds is 4. The lowest BCUT2D eigenvalue weighted by molar-refractivity contribution is -0.140. The molecule has 0 N–H and O–H groups in total. The normalized spacial score (nSPS) is 14.5. The van der Waals surface area contributed by atoms with Gasteiger partial charge < -0.3 is 4.74 Å². The highest BCUT2D eigenvalue weighted by Crippen LogP contribution is 2.31. The predicted molar refractivity (Wildman–Crippen MR) is 125 cm³/mol. The summed E-state index contributed by atoms with van der Waals surface area (Å²) in [5.74, 6) is 1.95. The molecule has 31 heavy (non-hydrogen) atoms. The summed E-state index contributed by atoms with van der Waals surface area (Å²) in [6.07, 6.45) is 4.60. The Bertz CT molecular complexity index is 583. The van der Waals surface area contributed by atoms with E-state index in [2.05, 4.69) is 18.6 Å². The Hall–Kier alpha value is -1.23. The molecule has 1 unspecified atom stereocenters.